The molecule has 0 spiro atoms. The highest BCUT2D eigenvalue weighted by Crippen LogP contribution is 2.15. The van der Waals surface area contributed by atoms with Crippen molar-refractivity contribution in [1.29, 1.82) is 0 Å². The van der Waals surface area contributed by atoms with Gasteiger partial charge in [-0.15, -0.1) is 11.3 Å². The Morgan fingerprint density at radius 1 is 1.57 bits per heavy atom. The maximum Gasteiger partial charge on any atom is 0.0798 e. The molecule has 0 radical (unpaired) electrons. The number of rotatable bonds is 3. The molecule has 1 aliphatic rings. The number of nitrogens with zero attached hydrogens (tertiary/aromatic N) is 1. The van der Waals surface area contributed by atoms with Gasteiger partial charge in [-0.25, -0.2) is 4.98 Å². The van der Waals surface area contributed by atoms with Crippen LogP contribution in [0.15, 0.2) is 17.7 Å². The highest BCUT2D eigenvalue weighted by Gasteiger charge is 2.09. The van der Waals surface area contributed by atoms with Crippen LogP contribution < -0.4 is 5.32 Å². The van der Waals surface area contributed by atoms with E-state index in [1.54, 1.807) is 11.3 Å². The summed E-state index contributed by atoms with van der Waals surface area (Å²) in [5.74, 6) is 0. The van der Waals surface area contributed by atoms with Crippen LogP contribution >= 0.6 is 11.3 Å². The number of allylic oxidation sites excluding steroid dienone is 1. The average molecular weight is 208 g/mol. The molecular weight excluding hydrogens is 192 g/mol. The Morgan fingerprint density at radius 2 is 2.50 bits per heavy atom. The van der Waals surface area contributed by atoms with E-state index in [-0.39, 0.29) is 0 Å². The minimum absolute atomic E-state index is 0.668. The molecule has 2 nitrogen and oxygen atoms in total. The summed E-state index contributed by atoms with van der Waals surface area (Å²) < 4.78 is 0. The van der Waals surface area contributed by atoms with E-state index in [0.29, 0.717) is 6.04 Å². The van der Waals surface area contributed by atoms with Crippen molar-refractivity contribution >= 4 is 11.3 Å². The second kappa shape index (κ2) is 4.71. The Morgan fingerprint density at radius 3 is 3.14 bits per heavy atom. The summed E-state index contributed by atoms with van der Waals surface area (Å²) in [6, 6.07) is 0.668. The van der Waals surface area contributed by atoms with E-state index in [1.807, 2.05) is 5.51 Å². The van der Waals surface area contributed by atoms with Crippen molar-refractivity contribution in [2.75, 3.05) is 0 Å². The van der Waals surface area contributed by atoms with Crippen molar-refractivity contribution < 1.29 is 0 Å². The molecule has 0 bridgehead atoms. The van der Waals surface area contributed by atoms with Crippen molar-refractivity contribution in [3.63, 3.8) is 0 Å². The second-order valence-electron chi connectivity index (χ2n) is 3.72. The van der Waals surface area contributed by atoms with E-state index in [9.17, 15) is 0 Å². The van der Waals surface area contributed by atoms with E-state index < -0.39 is 0 Å². The molecule has 3 heteroatoms. The molecule has 1 aromatic rings. The van der Waals surface area contributed by atoms with Gasteiger partial charge in [-0.05, 0) is 26.2 Å². The van der Waals surface area contributed by atoms with E-state index in [2.05, 4.69) is 29.4 Å². The molecule has 1 aliphatic carbocycles. The summed E-state index contributed by atoms with van der Waals surface area (Å²) in [7, 11) is 0. The fraction of sp³-hybridized carbons (Fsp3) is 0.545. The van der Waals surface area contributed by atoms with Gasteiger partial charge in [0.25, 0.3) is 0 Å². The van der Waals surface area contributed by atoms with Gasteiger partial charge in [0.1, 0.15) is 0 Å². The number of hydrogen-bond acceptors (Lipinski definition) is 3. The van der Waals surface area contributed by atoms with Gasteiger partial charge >= 0.3 is 0 Å². The van der Waals surface area contributed by atoms with E-state index in [4.69, 9.17) is 0 Å². The Bertz CT molecular complexity index is 317. The van der Waals surface area contributed by atoms with Crippen LogP contribution in [0.3, 0.4) is 0 Å². The Kier molecular flexibility index (Phi) is 3.32. The molecular formula is C11H16N2S. The van der Waals surface area contributed by atoms with Crippen molar-refractivity contribution in [3.8, 4) is 0 Å². The lowest BCUT2D eigenvalue weighted by atomic mass is 10.0. The van der Waals surface area contributed by atoms with Crippen molar-refractivity contribution in [1.82, 2.24) is 10.3 Å². The number of aromatic nitrogens is 1. The zero-order valence-electron chi connectivity index (χ0n) is 8.49. The van der Waals surface area contributed by atoms with Gasteiger partial charge in [-0.3, -0.25) is 0 Å². The van der Waals surface area contributed by atoms with Crippen LogP contribution in [0.25, 0.3) is 0 Å². The SMILES string of the molecule is Cc1ncsc1CNC1CC=CCC1. The fourth-order valence-electron chi connectivity index (χ4n) is 1.71. The van der Waals surface area contributed by atoms with E-state index >= 15 is 0 Å². The topological polar surface area (TPSA) is 24.9 Å². The second-order valence-corrected chi connectivity index (χ2v) is 4.66. The molecule has 1 N–H and O–H groups in total. The third kappa shape index (κ3) is 2.42. The molecule has 1 aromatic heterocycles. The Hall–Kier alpha value is -0.670. The Balaban J connectivity index is 1.82. The molecule has 1 atom stereocenters. The quantitative estimate of drug-likeness (QED) is 0.772. The van der Waals surface area contributed by atoms with Crippen LogP contribution in [0.1, 0.15) is 29.8 Å². The summed E-state index contributed by atoms with van der Waals surface area (Å²) >= 11 is 1.75. The zero-order chi connectivity index (χ0) is 9.80. The largest absolute Gasteiger partial charge is 0.309 e. The molecule has 76 valence electrons. The highest BCUT2D eigenvalue weighted by molar-refractivity contribution is 7.09. The van der Waals surface area contributed by atoms with Crippen LogP contribution in [0.5, 0.6) is 0 Å². The molecule has 0 aromatic carbocycles. The predicted molar refractivity (Wildman–Crippen MR) is 60.5 cm³/mol. The molecule has 0 amide bonds. The van der Waals surface area contributed by atoms with Gasteiger partial charge in [-0.1, -0.05) is 12.2 Å². The summed E-state index contributed by atoms with van der Waals surface area (Å²) in [6.07, 6.45) is 8.22. The van der Waals surface area contributed by atoms with Gasteiger partial charge in [-0.2, -0.15) is 0 Å². The van der Waals surface area contributed by atoms with Gasteiger partial charge < -0.3 is 5.32 Å². The molecule has 0 saturated heterocycles. The number of hydrogen-bond donors (Lipinski definition) is 1. The molecule has 0 aliphatic heterocycles. The molecule has 1 unspecified atom stereocenters. The molecule has 0 saturated carbocycles. The minimum atomic E-state index is 0.668. The lowest BCUT2D eigenvalue weighted by molar-refractivity contribution is 0.476. The predicted octanol–water partition coefficient (Wildman–Crippen LogP) is 2.65. The maximum absolute atomic E-state index is 4.24. The van der Waals surface area contributed by atoms with Gasteiger partial charge in [0.05, 0.1) is 11.2 Å². The first-order chi connectivity index (χ1) is 6.86. The molecule has 1 heterocycles. The van der Waals surface area contributed by atoms with E-state index in [0.717, 1.165) is 6.54 Å². The third-order valence-electron chi connectivity index (χ3n) is 2.67. The van der Waals surface area contributed by atoms with Gasteiger partial charge in [0.2, 0.25) is 0 Å². The number of aryl methyl sites for hydroxylation is 1. The molecule has 14 heavy (non-hydrogen) atoms. The van der Waals surface area contributed by atoms with Crippen molar-refractivity contribution in [2.24, 2.45) is 0 Å². The van der Waals surface area contributed by atoms with E-state index in [1.165, 1.54) is 29.8 Å². The molecule has 2 rings (SSSR count). The zero-order valence-corrected chi connectivity index (χ0v) is 9.31. The summed E-state index contributed by atoms with van der Waals surface area (Å²) in [4.78, 5) is 5.62. The van der Waals surface area contributed by atoms with Crippen molar-refractivity contribution in [2.45, 2.75) is 38.8 Å². The third-order valence-corrected chi connectivity index (χ3v) is 3.60. The summed E-state index contributed by atoms with van der Waals surface area (Å²) in [5.41, 5.74) is 3.10. The van der Waals surface area contributed by atoms with Crippen LogP contribution in [0.4, 0.5) is 0 Å². The number of thiazole rings is 1. The smallest absolute Gasteiger partial charge is 0.0798 e. The van der Waals surface area contributed by atoms with Gasteiger partial charge in [0, 0.05) is 17.5 Å². The number of nitrogens with one attached hydrogen (secondary N) is 1. The Labute approximate surface area is 89.1 Å². The maximum atomic E-state index is 4.24. The first kappa shape index (κ1) is 9.87. The van der Waals surface area contributed by atoms with Gasteiger partial charge in [0.15, 0.2) is 0 Å². The first-order valence-electron chi connectivity index (χ1n) is 5.13. The monoisotopic (exact) mass is 208 g/mol. The minimum Gasteiger partial charge on any atom is -0.309 e. The highest BCUT2D eigenvalue weighted by atomic mass is 32.1. The summed E-state index contributed by atoms with van der Waals surface area (Å²) in [6.45, 7) is 3.06. The average Bonchev–Trinajstić information content (AvgIpc) is 2.63. The first-order valence-corrected chi connectivity index (χ1v) is 6.01. The normalized spacial score (nSPS) is 21.4. The molecule has 0 fully saturated rings. The van der Waals surface area contributed by atoms with Crippen LogP contribution in [-0.2, 0) is 6.54 Å². The lowest BCUT2D eigenvalue weighted by Crippen LogP contribution is -2.29. The van der Waals surface area contributed by atoms with Crippen molar-refractivity contribution in [3.05, 3.63) is 28.2 Å². The van der Waals surface area contributed by atoms with Crippen LogP contribution in [0, 0.1) is 6.92 Å². The van der Waals surface area contributed by atoms with Crippen LogP contribution in [-0.4, -0.2) is 11.0 Å². The fourth-order valence-corrected chi connectivity index (χ4v) is 2.44. The summed E-state index contributed by atoms with van der Waals surface area (Å²) in [5, 5.41) is 3.58. The lowest BCUT2D eigenvalue weighted by Gasteiger charge is -2.18. The standard InChI is InChI=1S/C11H16N2S/c1-9-11(14-8-13-9)7-12-10-5-3-2-4-6-10/h2-3,8,10,12H,4-7H2,1H3. The van der Waals surface area contributed by atoms with Crippen LogP contribution in [0.2, 0.25) is 0 Å².